The quantitative estimate of drug-likeness (QED) is 0.454. The number of hydrogen-bond acceptors (Lipinski definition) is 3. The smallest absolute Gasteiger partial charge is 0.308 e. The molecule has 0 radical (unpaired) electrons. The molecule has 1 aromatic rings. The molecule has 0 aliphatic rings. The Hall–Kier alpha value is -1.35. The van der Waals surface area contributed by atoms with E-state index in [2.05, 4.69) is 12.2 Å². The normalized spacial score (nSPS) is 10.1. The van der Waals surface area contributed by atoms with E-state index < -0.39 is 0 Å². The highest BCUT2D eigenvalue weighted by Gasteiger charge is 1.98. The van der Waals surface area contributed by atoms with Crippen LogP contribution in [0.5, 0.6) is 5.75 Å². The third-order valence-corrected chi connectivity index (χ3v) is 2.20. The molecule has 0 aliphatic heterocycles. The largest absolute Gasteiger partial charge is 0.427 e. The second kappa shape index (κ2) is 7.01. The minimum absolute atomic E-state index is 0.280. The number of ether oxygens (including phenoxy) is 1. The topological polar surface area (TPSA) is 38.3 Å². The Morgan fingerprint density at radius 3 is 2.50 bits per heavy atom. The first kappa shape index (κ1) is 12.7. The van der Waals surface area contributed by atoms with Crippen molar-refractivity contribution in [3.05, 3.63) is 29.8 Å². The van der Waals surface area contributed by atoms with Crippen LogP contribution in [0.3, 0.4) is 0 Å². The summed E-state index contributed by atoms with van der Waals surface area (Å²) in [5.41, 5.74) is 1.25. The average Bonchev–Trinajstić information content (AvgIpc) is 2.26. The average molecular weight is 221 g/mol. The van der Waals surface area contributed by atoms with Gasteiger partial charge >= 0.3 is 5.97 Å². The van der Waals surface area contributed by atoms with Crippen LogP contribution in [-0.4, -0.2) is 19.1 Å². The van der Waals surface area contributed by atoms with Gasteiger partial charge in [-0.25, -0.2) is 0 Å². The molecular weight excluding hydrogens is 202 g/mol. The van der Waals surface area contributed by atoms with Crippen molar-refractivity contribution in [2.45, 2.75) is 26.7 Å². The van der Waals surface area contributed by atoms with Gasteiger partial charge in [-0.2, -0.15) is 0 Å². The Kier molecular flexibility index (Phi) is 5.57. The van der Waals surface area contributed by atoms with Gasteiger partial charge in [-0.3, -0.25) is 4.79 Å². The molecule has 0 heterocycles. The first-order valence-corrected chi connectivity index (χ1v) is 5.70. The summed E-state index contributed by atoms with van der Waals surface area (Å²) in [7, 11) is 0. The fourth-order valence-electron chi connectivity index (χ4n) is 1.42. The molecule has 0 atom stereocenters. The molecule has 1 aromatic carbocycles. The molecule has 0 unspecified atom stereocenters. The molecule has 0 aromatic heterocycles. The Balaban J connectivity index is 2.36. The summed E-state index contributed by atoms with van der Waals surface area (Å²) in [5.74, 6) is 0.329. The van der Waals surface area contributed by atoms with Gasteiger partial charge in [-0.05, 0) is 43.6 Å². The number of esters is 1. The monoisotopic (exact) mass is 221 g/mol. The van der Waals surface area contributed by atoms with Crippen molar-refractivity contribution in [2.24, 2.45) is 0 Å². The van der Waals surface area contributed by atoms with Gasteiger partial charge in [-0.1, -0.05) is 19.1 Å². The number of rotatable bonds is 6. The van der Waals surface area contributed by atoms with Crippen molar-refractivity contribution in [1.29, 1.82) is 0 Å². The molecule has 0 aliphatic carbocycles. The Labute approximate surface area is 96.8 Å². The van der Waals surface area contributed by atoms with Gasteiger partial charge in [0.2, 0.25) is 0 Å². The number of benzene rings is 1. The summed E-state index contributed by atoms with van der Waals surface area (Å²) >= 11 is 0. The summed E-state index contributed by atoms with van der Waals surface area (Å²) in [4.78, 5) is 10.7. The zero-order chi connectivity index (χ0) is 11.8. The van der Waals surface area contributed by atoms with Crippen LogP contribution in [0.15, 0.2) is 24.3 Å². The molecule has 0 spiro atoms. The predicted octanol–water partition coefficient (Wildman–Crippen LogP) is 2.15. The van der Waals surface area contributed by atoms with Gasteiger partial charge in [0.1, 0.15) is 5.75 Å². The van der Waals surface area contributed by atoms with Crippen molar-refractivity contribution < 1.29 is 9.53 Å². The lowest BCUT2D eigenvalue weighted by Crippen LogP contribution is -2.17. The zero-order valence-electron chi connectivity index (χ0n) is 9.95. The van der Waals surface area contributed by atoms with Gasteiger partial charge in [-0.15, -0.1) is 0 Å². The van der Waals surface area contributed by atoms with Crippen LogP contribution in [0.4, 0.5) is 0 Å². The van der Waals surface area contributed by atoms with Crippen molar-refractivity contribution in [3.8, 4) is 5.75 Å². The Morgan fingerprint density at radius 2 is 1.94 bits per heavy atom. The fraction of sp³-hybridized carbons (Fsp3) is 0.462. The first-order valence-electron chi connectivity index (χ1n) is 5.70. The lowest BCUT2D eigenvalue weighted by Gasteiger charge is -2.05. The second-order valence-corrected chi connectivity index (χ2v) is 3.74. The van der Waals surface area contributed by atoms with Gasteiger partial charge in [0.05, 0.1) is 0 Å². The molecule has 0 bridgehead atoms. The highest BCUT2D eigenvalue weighted by molar-refractivity contribution is 5.69. The maximum absolute atomic E-state index is 10.7. The Morgan fingerprint density at radius 1 is 1.25 bits per heavy atom. The molecule has 0 saturated carbocycles. The lowest BCUT2D eigenvalue weighted by molar-refractivity contribution is -0.131. The van der Waals surface area contributed by atoms with Gasteiger partial charge in [0.25, 0.3) is 0 Å². The summed E-state index contributed by atoms with van der Waals surface area (Å²) in [6, 6.07) is 7.64. The molecule has 0 fully saturated rings. The molecule has 3 heteroatoms. The van der Waals surface area contributed by atoms with Crippen LogP contribution < -0.4 is 10.1 Å². The van der Waals surface area contributed by atoms with Crippen molar-refractivity contribution in [2.75, 3.05) is 13.1 Å². The summed E-state index contributed by atoms with van der Waals surface area (Å²) in [5, 5.41) is 3.35. The van der Waals surface area contributed by atoms with Crippen LogP contribution in [0.1, 0.15) is 25.8 Å². The van der Waals surface area contributed by atoms with Gasteiger partial charge in [0.15, 0.2) is 0 Å². The molecule has 3 nitrogen and oxygen atoms in total. The van der Waals surface area contributed by atoms with Crippen molar-refractivity contribution >= 4 is 5.97 Å². The third kappa shape index (κ3) is 4.94. The highest BCUT2D eigenvalue weighted by atomic mass is 16.5. The van der Waals surface area contributed by atoms with E-state index in [-0.39, 0.29) is 5.97 Å². The highest BCUT2D eigenvalue weighted by Crippen LogP contribution is 2.12. The van der Waals surface area contributed by atoms with Crippen LogP contribution in [0, 0.1) is 0 Å². The van der Waals surface area contributed by atoms with E-state index in [0.29, 0.717) is 5.75 Å². The van der Waals surface area contributed by atoms with Gasteiger partial charge in [0, 0.05) is 6.92 Å². The molecule has 0 saturated heterocycles. The van der Waals surface area contributed by atoms with E-state index in [9.17, 15) is 4.79 Å². The number of carbonyl (C=O) groups is 1. The number of nitrogens with one attached hydrogen (secondary N) is 1. The maximum Gasteiger partial charge on any atom is 0.308 e. The molecule has 1 rings (SSSR count). The minimum Gasteiger partial charge on any atom is -0.427 e. The van der Waals surface area contributed by atoms with E-state index >= 15 is 0 Å². The summed E-state index contributed by atoms with van der Waals surface area (Å²) in [6.45, 7) is 5.61. The van der Waals surface area contributed by atoms with E-state index in [1.165, 1.54) is 12.5 Å². The molecular formula is C13H19NO2. The van der Waals surface area contributed by atoms with Crippen LogP contribution in [0.2, 0.25) is 0 Å². The van der Waals surface area contributed by atoms with E-state index in [1.54, 1.807) is 0 Å². The third-order valence-electron chi connectivity index (χ3n) is 2.20. The summed E-state index contributed by atoms with van der Waals surface area (Å²) in [6.07, 6.45) is 2.16. The van der Waals surface area contributed by atoms with E-state index in [1.807, 2.05) is 24.3 Å². The molecule has 16 heavy (non-hydrogen) atoms. The van der Waals surface area contributed by atoms with Crippen LogP contribution in [0.25, 0.3) is 0 Å². The van der Waals surface area contributed by atoms with E-state index in [4.69, 9.17) is 4.74 Å². The van der Waals surface area contributed by atoms with Crippen LogP contribution >= 0.6 is 0 Å². The number of hydrogen-bond donors (Lipinski definition) is 1. The molecule has 88 valence electrons. The molecule has 1 N–H and O–H groups in total. The fourth-order valence-corrected chi connectivity index (χ4v) is 1.42. The first-order chi connectivity index (χ1) is 7.72. The molecule has 0 amide bonds. The van der Waals surface area contributed by atoms with E-state index in [0.717, 1.165) is 25.9 Å². The van der Waals surface area contributed by atoms with Crippen LogP contribution in [-0.2, 0) is 11.2 Å². The summed E-state index contributed by atoms with van der Waals surface area (Å²) < 4.78 is 4.96. The van der Waals surface area contributed by atoms with Crippen molar-refractivity contribution in [3.63, 3.8) is 0 Å². The van der Waals surface area contributed by atoms with Gasteiger partial charge < -0.3 is 10.1 Å². The predicted molar refractivity (Wildman–Crippen MR) is 64.6 cm³/mol. The zero-order valence-corrected chi connectivity index (χ0v) is 9.95. The SMILES string of the molecule is CCCNCCc1ccc(OC(C)=O)cc1. The standard InChI is InChI=1S/C13H19NO2/c1-3-9-14-10-8-12-4-6-13(7-5-12)16-11(2)15/h4-7,14H,3,8-10H2,1-2H3. The lowest BCUT2D eigenvalue weighted by atomic mass is 10.1. The van der Waals surface area contributed by atoms with Crippen molar-refractivity contribution in [1.82, 2.24) is 5.32 Å². The Bertz CT molecular complexity index is 319. The number of carbonyl (C=O) groups excluding carboxylic acids is 1. The maximum atomic E-state index is 10.7. The minimum atomic E-state index is -0.280. The second-order valence-electron chi connectivity index (χ2n) is 3.74.